The average Bonchev–Trinajstić information content (AvgIpc) is 3.01. The minimum absolute atomic E-state index is 0.193. The molecule has 9 heteroatoms. The Balaban J connectivity index is 1.83. The van der Waals surface area contributed by atoms with Crippen LogP contribution in [0.2, 0.25) is 0 Å². The number of rotatable bonds is 3. The van der Waals surface area contributed by atoms with Crippen molar-refractivity contribution in [2.45, 2.75) is 6.92 Å². The van der Waals surface area contributed by atoms with Crippen LogP contribution in [0.3, 0.4) is 0 Å². The predicted molar refractivity (Wildman–Crippen MR) is 73.5 cm³/mol. The van der Waals surface area contributed by atoms with Gasteiger partial charge >= 0.3 is 0 Å². The molecule has 3 rings (SSSR count). The Hall–Kier alpha value is -2.29. The van der Waals surface area contributed by atoms with Crippen molar-refractivity contribution < 1.29 is 0 Å². The largest absolute Gasteiger partial charge is 0.368 e. The molecule has 3 heterocycles. The quantitative estimate of drug-likeness (QED) is 0.775. The zero-order valence-corrected chi connectivity index (χ0v) is 11.3. The molecule has 1 aliphatic heterocycles. The minimum Gasteiger partial charge on any atom is -0.368 e. The molecule has 106 valence electrons. The highest BCUT2D eigenvalue weighted by Crippen LogP contribution is 2.13. The van der Waals surface area contributed by atoms with Crippen molar-refractivity contribution in [3.63, 3.8) is 0 Å². The normalized spacial score (nSPS) is 16.6. The number of piperazine rings is 1. The van der Waals surface area contributed by atoms with Gasteiger partial charge in [0.05, 0.1) is 0 Å². The Morgan fingerprint density at radius 3 is 2.50 bits per heavy atom. The molecule has 2 aromatic heterocycles. The van der Waals surface area contributed by atoms with Gasteiger partial charge in [-0.3, -0.25) is 0 Å². The molecule has 0 amide bonds. The number of nitrogen functional groups attached to an aromatic ring is 1. The van der Waals surface area contributed by atoms with Crippen LogP contribution in [-0.2, 0) is 0 Å². The van der Waals surface area contributed by atoms with Gasteiger partial charge in [0, 0.05) is 26.2 Å². The fourth-order valence-corrected chi connectivity index (χ4v) is 2.19. The van der Waals surface area contributed by atoms with Gasteiger partial charge in [0.1, 0.15) is 12.7 Å². The van der Waals surface area contributed by atoms with Crippen molar-refractivity contribution in [2.75, 3.05) is 43.4 Å². The van der Waals surface area contributed by atoms with Gasteiger partial charge < -0.3 is 15.5 Å². The van der Waals surface area contributed by atoms with E-state index in [0.717, 1.165) is 32.7 Å². The van der Waals surface area contributed by atoms with Crippen molar-refractivity contribution in [1.82, 2.24) is 34.6 Å². The molecule has 1 saturated heterocycles. The molecule has 0 unspecified atom stereocenters. The van der Waals surface area contributed by atoms with E-state index in [-0.39, 0.29) is 5.95 Å². The smallest absolute Gasteiger partial charge is 0.258 e. The summed E-state index contributed by atoms with van der Waals surface area (Å²) in [6.45, 7) is 7.00. The van der Waals surface area contributed by atoms with E-state index in [9.17, 15) is 0 Å². The summed E-state index contributed by atoms with van der Waals surface area (Å²) in [5.41, 5.74) is 5.76. The first-order valence-electron chi connectivity index (χ1n) is 6.60. The Morgan fingerprint density at radius 1 is 1.10 bits per heavy atom. The van der Waals surface area contributed by atoms with E-state index in [1.165, 1.54) is 17.3 Å². The lowest BCUT2D eigenvalue weighted by Crippen LogP contribution is -2.46. The second-order valence-electron chi connectivity index (χ2n) is 4.55. The Morgan fingerprint density at radius 2 is 1.85 bits per heavy atom. The monoisotopic (exact) mass is 275 g/mol. The number of nitrogens with zero attached hydrogens (tertiary/aromatic N) is 8. The number of anilines is 2. The molecule has 1 aliphatic rings. The molecule has 2 N–H and O–H groups in total. The molecule has 0 radical (unpaired) electrons. The fourth-order valence-electron chi connectivity index (χ4n) is 2.19. The van der Waals surface area contributed by atoms with Crippen LogP contribution >= 0.6 is 0 Å². The second kappa shape index (κ2) is 5.37. The van der Waals surface area contributed by atoms with Crippen LogP contribution < -0.4 is 10.6 Å². The molecule has 9 nitrogen and oxygen atoms in total. The van der Waals surface area contributed by atoms with E-state index >= 15 is 0 Å². The van der Waals surface area contributed by atoms with Crippen LogP contribution in [0.1, 0.15) is 6.92 Å². The van der Waals surface area contributed by atoms with E-state index in [1.807, 2.05) is 0 Å². The van der Waals surface area contributed by atoms with Crippen molar-refractivity contribution in [2.24, 2.45) is 0 Å². The Kier molecular flexibility index (Phi) is 3.42. The number of hydrogen-bond donors (Lipinski definition) is 1. The summed E-state index contributed by atoms with van der Waals surface area (Å²) in [5, 5.41) is 4.01. The van der Waals surface area contributed by atoms with Crippen LogP contribution in [0, 0.1) is 0 Å². The van der Waals surface area contributed by atoms with E-state index in [4.69, 9.17) is 5.73 Å². The molecule has 0 atom stereocenters. The minimum atomic E-state index is 0.193. The maximum atomic E-state index is 5.76. The SMILES string of the molecule is CCN1CCN(c2nc(N)nc(-n3cncn3)n2)CC1. The molecule has 0 aromatic carbocycles. The molecule has 0 bridgehead atoms. The van der Waals surface area contributed by atoms with Crippen molar-refractivity contribution in [1.29, 1.82) is 0 Å². The summed E-state index contributed by atoms with van der Waals surface area (Å²) >= 11 is 0. The summed E-state index contributed by atoms with van der Waals surface area (Å²) in [7, 11) is 0. The topological polar surface area (TPSA) is 102 Å². The predicted octanol–water partition coefficient (Wildman–Crippen LogP) is -0.824. The van der Waals surface area contributed by atoms with Crippen molar-refractivity contribution >= 4 is 11.9 Å². The summed E-state index contributed by atoms with van der Waals surface area (Å²) in [6.07, 6.45) is 2.97. The maximum Gasteiger partial charge on any atom is 0.258 e. The number of aromatic nitrogens is 6. The Bertz CT molecular complexity index is 559. The first-order valence-corrected chi connectivity index (χ1v) is 6.60. The highest BCUT2D eigenvalue weighted by atomic mass is 15.4. The lowest BCUT2D eigenvalue weighted by atomic mass is 10.3. The second-order valence-corrected chi connectivity index (χ2v) is 4.55. The molecule has 20 heavy (non-hydrogen) atoms. The van der Waals surface area contributed by atoms with E-state index in [0.29, 0.717) is 11.9 Å². The van der Waals surface area contributed by atoms with Gasteiger partial charge in [0.25, 0.3) is 5.95 Å². The van der Waals surface area contributed by atoms with Gasteiger partial charge in [-0.15, -0.1) is 0 Å². The summed E-state index contributed by atoms with van der Waals surface area (Å²) in [4.78, 5) is 21.1. The van der Waals surface area contributed by atoms with Crippen LogP contribution in [0.4, 0.5) is 11.9 Å². The van der Waals surface area contributed by atoms with Crippen LogP contribution in [-0.4, -0.2) is 67.3 Å². The summed E-state index contributed by atoms with van der Waals surface area (Å²) in [6, 6.07) is 0. The van der Waals surface area contributed by atoms with Crippen LogP contribution in [0.5, 0.6) is 0 Å². The van der Waals surface area contributed by atoms with Crippen molar-refractivity contribution in [3.8, 4) is 5.95 Å². The van der Waals surface area contributed by atoms with Gasteiger partial charge in [-0.1, -0.05) is 6.92 Å². The van der Waals surface area contributed by atoms with E-state index in [2.05, 4.69) is 41.8 Å². The van der Waals surface area contributed by atoms with Gasteiger partial charge in [-0.05, 0) is 6.54 Å². The van der Waals surface area contributed by atoms with Gasteiger partial charge in [-0.2, -0.15) is 24.7 Å². The standard InChI is InChI=1S/C11H17N9/c1-2-18-3-5-19(6-4-18)10-15-9(12)16-11(17-10)20-8-13-7-14-20/h7-8H,2-6H2,1H3,(H2,12,15,16,17). The highest BCUT2D eigenvalue weighted by molar-refractivity contribution is 5.38. The molecule has 0 spiro atoms. The zero-order valence-electron chi connectivity index (χ0n) is 11.3. The molecule has 0 aliphatic carbocycles. The Labute approximate surface area is 116 Å². The number of hydrogen-bond acceptors (Lipinski definition) is 8. The van der Waals surface area contributed by atoms with Crippen LogP contribution in [0.15, 0.2) is 12.7 Å². The molecular weight excluding hydrogens is 258 g/mol. The lowest BCUT2D eigenvalue weighted by Gasteiger charge is -2.33. The van der Waals surface area contributed by atoms with Gasteiger partial charge in [0.15, 0.2) is 0 Å². The highest BCUT2D eigenvalue weighted by Gasteiger charge is 2.19. The first-order chi connectivity index (χ1) is 9.76. The third-order valence-corrected chi connectivity index (χ3v) is 3.36. The molecule has 2 aromatic rings. The average molecular weight is 275 g/mol. The molecule has 1 fully saturated rings. The first kappa shape index (κ1) is 12.7. The number of nitrogens with two attached hydrogens (primary N) is 1. The molecule has 0 saturated carbocycles. The fraction of sp³-hybridized carbons (Fsp3) is 0.545. The van der Waals surface area contributed by atoms with Gasteiger partial charge in [0.2, 0.25) is 11.9 Å². The van der Waals surface area contributed by atoms with E-state index < -0.39 is 0 Å². The van der Waals surface area contributed by atoms with Crippen molar-refractivity contribution in [3.05, 3.63) is 12.7 Å². The number of likely N-dealkylation sites (N-methyl/N-ethyl adjacent to an activating group) is 1. The van der Waals surface area contributed by atoms with Crippen LogP contribution in [0.25, 0.3) is 5.95 Å². The van der Waals surface area contributed by atoms with E-state index in [1.54, 1.807) is 0 Å². The maximum absolute atomic E-state index is 5.76. The van der Waals surface area contributed by atoms with Gasteiger partial charge in [-0.25, -0.2) is 4.98 Å². The summed E-state index contributed by atoms with van der Waals surface area (Å²) < 4.78 is 1.48. The third-order valence-electron chi connectivity index (χ3n) is 3.36. The third kappa shape index (κ3) is 2.52. The molecular formula is C11H17N9. The zero-order chi connectivity index (χ0) is 13.9. The summed E-state index contributed by atoms with van der Waals surface area (Å²) in [5.74, 6) is 1.18. The lowest BCUT2D eigenvalue weighted by molar-refractivity contribution is 0.270.